The van der Waals surface area contributed by atoms with E-state index in [4.69, 9.17) is 33.7 Å². The van der Waals surface area contributed by atoms with E-state index < -0.39 is 0 Å². The first-order valence-corrected chi connectivity index (χ1v) is 6.83. The van der Waals surface area contributed by atoms with Gasteiger partial charge in [0.1, 0.15) is 12.4 Å². The highest BCUT2D eigenvalue weighted by Gasteiger charge is 2.10. The average molecular weight is 365 g/mol. The summed E-state index contributed by atoms with van der Waals surface area (Å²) in [7, 11) is 0. The molecular weight excluding hydrogens is 356 g/mol. The third-order valence-electron chi connectivity index (χ3n) is 2.41. The molecule has 0 bridgehead atoms. The Labute approximate surface area is 128 Å². The molecule has 0 amide bonds. The molecule has 6 heteroatoms. The first-order chi connectivity index (χ1) is 8.97. The van der Waals surface area contributed by atoms with E-state index in [-0.39, 0.29) is 12.4 Å². The van der Waals surface area contributed by atoms with E-state index in [9.17, 15) is 4.39 Å². The van der Waals surface area contributed by atoms with Crippen molar-refractivity contribution in [3.63, 3.8) is 0 Å². The fraction of sp³-hybridized carbons (Fsp3) is 0.0769. The molecule has 0 radical (unpaired) electrons. The van der Waals surface area contributed by atoms with Gasteiger partial charge in [-0.15, -0.1) is 0 Å². The van der Waals surface area contributed by atoms with E-state index in [0.717, 1.165) is 0 Å². The summed E-state index contributed by atoms with van der Waals surface area (Å²) in [6.45, 7) is 0.0302. The Kier molecular flexibility index (Phi) is 4.55. The Morgan fingerprint density at radius 2 is 1.79 bits per heavy atom. The first-order valence-electron chi connectivity index (χ1n) is 5.28. The summed E-state index contributed by atoms with van der Waals surface area (Å²) >= 11 is 15.1. The molecular formula is C13H9BrCl2FNO. The van der Waals surface area contributed by atoms with Crippen LogP contribution >= 0.6 is 39.1 Å². The van der Waals surface area contributed by atoms with Gasteiger partial charge >= 0.3 is 0 Å². The van der Waals surface area contributed by atoms with Crippen LogP contribution in [0.25, 0.3) is 0 Å². The number of nitrogen functional groups attached to an aromatic ring is 1. The Morgan fingerprint density at radius 1 is 1.16 bits per heavy atom. The van der Waals surface area contributed by atoms with Crippen molar-refractivity contribution in [1.29, 1.82) is 0 Å². The third-order valence-corrected chi connectivity index (χ3v) is 3.46. The van der Waals surface area contributed by atoms with E-state index >= 15 is 0 Å². The Bertz CT molecular complexity index is 599. The van der Waals surface area contributed by atoms with Crippen molar-refractivity contribution in [2.75, 3.05) is 5.73 Å². The quantitative estimate of drug-likeness (QED) is 0.773. The van der Waals surface area contributed by atoms with Gasteiger partial charge in [0.25, 0.3) is 0 Å². The van der Waals surface area contributed by atoms with Crippen LogP contribution in [0.4, 0.5) is 10.1 Å². The van der Waals surface area contributed by atoms with Crippen molar-refractivity contribution < 1.29 is 9.13 Å². The van der Waals surface area contributed by atoms with Crippen molar-refractivity contribution in [1.82, 2.24) is 0 Å². The predicted molar refractivity (Wildman–Crippen MR) is 79.3 cm³/mol. The molecule has 2 aromatic rings. The Morgan fingerprint density at radius 3 is 2.37 bits per heavy atom. The molecule has 2 aromatic carbocycles. The van der Waals surface area contributed by atoms with Crippen LogP contribution in [0.1, 0.15) is 5.56 Å². The van der Waals surface area contributed by atoms with Crippen molar-refractivity contribution in [3.05, 3.63) is 56.2 Å². The Balaban J connectivity index is 2.19. The number of benzene rings is 2. The van der Waals surface area contributed by atoms with Gasteiger partial charge in [-0.1, -0.05) is 45.2 Å². The lowest BCUT2D eigenvalue weighted by Crippen LogP contribution is -2.00. The number of rotatable bonds is 3. The van der Waals surface area contributed by atoms with Gasteiger partial charge in [-0.05, 0) is 24.3 Å². The second-order valence-electron chi connectivity index (χ2n) is 3.84. The van der Waals surface area contributed by atoms with Gasteiger partial charge in [-0.3, -0.25) is 0 Å². The molecule has 0 aliphatic rings. The summed E-state index contributed by atoms with van der Waals surface area (Å²) in [6.07, 6.45) is 0. The van der Waals surface area contributed by atoms with E-state index in [2.05, 4.69) is 15.9 Å². The lowest BCUT2D eigenvalue weighted by molar-refractivity contribution is 0.300. The molecule has 0 saturated carbocycles. The summed E-state index contributed by atoms with van der Waals surface area (Å²) in [5.74, 6) is -0.0723. The minimum absolute atomic E-state index is 0.0302. The number of ether oxygens (including phenoxy) is 1. The van der Waals surface area contributed by atoms with Crippen LogP contribution in [0, 0.1) is 5.82 Å². The van der Waals surface area contributed by atoms with Crippen LogP contribution in [0.3, 0.4) is 0 Å². The molecule has 0 aromatic heterocycles. The number of hydrogen-bond acceptors (Lipinski definition) is 2. The SMILES string of the molecule is Nc1cc(Cl)c(OCc2ccc(Br)cc2F)c(Cl)c1. The highest BCUT2D eigenvalue weighted by atomic mass is 79.9. The molecule has 0 aliphatic heterocycles. The fourth-order valence-corrected chi connectivity index (χ4v) is 2.45. The van der Waals surface area contributed by atoms with Crippen LogP contribution in [-0.4, -0.2) is 0 Å². The van der Waals surface area contributed by atoms with Gasteiger partial charge in [0.05, 0.1) is 10.0 Å². The molecule has 0 saturated heterocycles. The zero-order chi connectivity index (χ0) is 14.0. The number of hydrogen-bond donors (Lipinski definition) is 1. The molecule has 2 N–H and O–H groups in total. The summed E-state index contributed by atoms with van der Waals surface area (Å²) in [6, 6.07) is 7.78. The van der Waals surface area contributed by atoms with Crippen LogP contribution in [-0.2, 0) is 6.61 Å². The smallest absolute Gasteiger partial charge is 0.157 e. The summed E-state index contributed by atoms with van der Waals surface area (Å²) < 4.78 is 19.7. The molecule has 2 nitrogen and oxygen atoms in total. The second kappa shape index (κ2) is 5.99. The molecule has 2 rings (SSSR count). The van der Waals surface area contributed by atoms with Crippen molar-refractivity contribution in [2.45, 2.75) is 6.61 Å². The maximum atomic E-state index is 13.6. The van der Waals surface area contributed by atoms with Crippen LogP contribution in [0.5, 0.6) is 5.75 Å². The number of halogens is 4. The van der Waals surface area contributed by atoms with E-state index in [1.54, 1.807) is 12.1 Å². The lowest BCUT2D eigenvalue weighted by Gasteiger charge is -2.11. The largest absolute Gasteiger partial charge is 0.486 e. The van der Waals surface area contributed by atoms with Gasteiger partial charge in [0.15, 0.2) is 5.75 Å². The summed E-state index contributed by atoms with van der Waals surface area (Å²) in [4.78, 5) is 0. The minimum atomic E-state index is -0.364. The molecule has 0 aliphatic carbocycles. The van der Waals surface area contributed by atoms with Crippen molar-refractivity contribution in [3.8, 4) is 5.75 Å². The molecule has 0 heterocycles. The molecule has 0 fully saturated rings. The standard InChI is InChI=1S/C13H9BrCl2FNO/c14-8-2-1-7(12(17)3-8)6-19-13-10(15)4-9(18)5-11(13)16/h1-5H,6,18H2. The average Bonchev–Trinajstić information content (AvgIpc) is 2.30. The van der Waals surface area contributed by atoms with Crippen LogP contribution in [0.15, 0.2) is 34.8 Å². The van der Waals surface area contributed by atoms with Crippen LogP contribution in [0.2, 0.25) is 10.0 Å². The van der Waals surface area contributed by atoms with Crippen molar-refractivity contribution in [2.24, 2.45) is 0 Å². The summed E-state index contributed by atoms with van der Waals surface area (Å²) in [5.41, 5.74) is 6.44. The van der Waals surface area contributed by atoms with Gasteiger partial charge in [0, 0.05) is 15.7 Å². The molecule has 0 spiro atoms. The van der Waals surface area contributed by atoms with Gasteiger partial charge < -0.3 is 10.5 Å². The molecule has 19 heavy (non-hydrogen) atoms. The maximum absolute atomic E-state index is 13.6. The van der Waals surface area contributed by atoms with Crippen molar-refractivity contribution >= 4 is 44.8 Å². The second-order valence-corrected chi connectivity index (χ2v) is 5.57. The van der Waals surface area contributed by atoms with E-state index in [1.165, 1.54) is 18.2 Å². The minimum Gasteiger partial charge on any atom is -0.486 e. The number of nitrogens with two attached hydrogens (primary N) is 1. The number of anilines is 1. The Hall–Kier alpha value is -0.970. The fourth-order valence-electron chi connectivity index (χ4n) is 1.51. The van der Waals surface area contributed by atoms with E-state index in [0.29, 0.717) is 31.5 Å². The molecule has 0 unspecified atom stereocenters. The first kappa shape index (κ1) is 14.4. The van der Waals surface area contributed by atoms with Gasteiger partial charge in [-0.25, -0.2) is 4.39 Å². The topological polar surface area (TPSA) is 35.2 Å². The zero-order valence-electron chi connectivity index (χ0n) is 9.59. The third kappa shape index (κ3) is 3.53. The van der Waals surface area contributed by atoms with E-state index in [1.807, 2.05) is 0 Å². The highest BCUT2D eigenvalue weighted by molar-refractivity contribution is 9.10. The maximum Gasteiger partial charge on any atom is 0.157 e. The monoisotopic (exact) mass is 363 g/mol. The predicted octanol–water partition coefficient (Wildman–Crippen LogP) is 5.06. The van der Waals surface area contributed by atoms with Gasteiger partial charge in [-0.2, -0.15) is 0 Å². The molecule has 0 atom stereocenters. The zero-order valence-corrected chi connectivity index (χ0v) is 12.7. The molecule has 100 valence electrons. The summed E-state index contributed by atoms with van der Waals surface area (Å²) in [5, 5.41) is 0.588. The lowest BCUT2D eigenvalue weighted by atomic mass is 10.2. The normalized spacial score (nSPS) is 10.5. The van der Waals surface area contributed by atoms with Crippen LogP contribution < -0.4 is 10.5 Å². The highest BCUT2D eigenvalue weighted by Crippen LogP contribution is 2.35. The van der Waals surface area contributed by atoms with Gasteiger partial charge in [0.2, 0.25) is 0 Å².